The standard InChI is InChI=1S/C14H21ClN4O/c1-3-18(4-2)11-5-6-19(9-11)14(20)10-7-12(15)13(16)17-8-10/h7-8,11H,3-6,9H2,1-2H3,(H2,16,17). The van der Waals surface area contributed by atoms with E-state index in [2.05, 4.69) is 23.7 Å². The molecule has 1 aromatic heterocycles. The molecule has 1 aliphatic heterocycles. The molecule has 1 saturated heterocycles. The number of hydrogen-bond acceptors (Lipinski definition) is 4. The number of pyridine rings is 1. The van der Waals surface area contributed by atoms with Gasteiger partial charge in [-0.05, 0) is 25.6 Å². The van der Waals surface area contributed by atoms with Crippen molar-refractivity contribution in [3.05, 3.63) is 22.8 Å². The van der Waals surface area contributed by atoms with Gasteiger partial charge in [0.15, 0.2) is 0 Å². The fourth-order valence-corrected chi connectivity index (χ4v) is 2.88. The number of rotatable bonds is 4. The summed E-state index contributed by atoms with van der Waals surface area (Å²) in [7, 11) is 0. The van der Waals surface area contributed by atoms with Crippen molar-refractivity contribution in [3.8, 4) is 0 Å². The number of nitrogen functional groups attached to an aromatic ring is 1. The molecule has 110 valence electrons. The van der Waals surface area contributed by atoms with Crippen LogP contribution in [0.1, 0.15) is 30.6 Å². The second kappa shape index (κ2) is 6.41. The molecule has 6 heteroatoms. The van der Waals surface area contributed by atoms with Crippen molar-refractivity contribution >= 4 is 23.3 Å². The number of nitrogens with zero attached hydrogens (tertiary/aromatic N) is 3. The summed E-state index contributed by atoms with van der Waals surface area (Å²) in [4.78, 5) is 20.6. The Balaban J connectivity index is 2.05. The highest BCUT2D eigenvalue weighted by molar-refractivity contribution is 6.33. The highest BCUT2D eigenvalue weighted by Gasteiger charge is 2.29. The van der Waals surface area contributed by atoms with Gasteiger partial charge in [-0.3, -0.25) is 9.69 Å². The van der Waals surface area contributed by atoms with Crippen molar-refractivity contribution in [3.63, 3.8) is 0 Å². The van der Waals surface area contributed by atoms with Crippen molar-refractivity contribution in [1.29, 1.82) is 0 Å². The minimum absolute atomic E-state index is 0.0194. The summed E-state index contributed by atoms with van der Waals surface area (Å²) >= 11 is 5.92. The molecule has 1 amide bonds. The van der Waals surface area contributed by atoms with Gasteiger partial charge in [0.2, 0.25) is 0 Å². The van der Waals surface area contributed by atoms with Gasteiger partial charge in [-0.2, -0.15) is 0 Å². The van der Waals surface area contributed by atoms with Crippen LogP contribution in [0.3, 0.4) is 0 Å². The lowest BCUT2D eigenvalue weighted by molar-refractivity contribution is 0.0777. The predicted octanol–water partition coefficient (Wildman–Crippen LogP) is 1.87. The Kier molecular flexibility index (Phi) is 4.83. The summed E-state index contributed by atoms with van der Waals surface area (Å²) in [6, 6.07) is 2.04. The molecule has 20 heavy (non-hydrogen) atoms. The molecular formula is C14H21ClN4O. The SMILES string of the molecule is CCN(CC)C1CCN(C(=O)c2cnc(N)c(Cl)c2)C1. The molecule has 0 aromatic carbocycles. The van der Waals surface area contributed by atoms with Gasteiger partial charge in [0, 0.05) is 25.3 Å². The Labute approximate surface area is 124 Å². The minimum Gasteiger partial charge on any atom is -0.382 e. The Bertz CT molecular complexity index is 490. The second-order valence-electron chi connectivity index (χ2n) is 5.01. The molecule has 0 bridgehead atoms. The van der Waals surface area contributed by atoms with Gasteiger partial charge in [-0.15, -0.1) is 0 Å². The van der Waals surface area contributed by atoms with Crippen LogP contribution in [0.25, 0.3) is 0 Å². The molecule has 2 heterocycles. The number of hydrogen-bond donors (Lipinski definition) is 1. The number of amides is 1. The Hall–Kier alpha value is -1.33. The van der Waals surface area contributed by atoms with Gasteiger partial charge in [-0.1, -0.05) is 25.4 Å². The summed E-state index contributed by atoms with van der Waals surface area (Å²) in [5.41, 5.74) is 6.07. The van der Waals surface area contributed by atoms with Crippen molar-refractivity contribution in [2.45, 2.75) is 26.3 Å². The zero-order chi connectivity index (χ0) is 14.7. The fourth-order valence-electron chi connectivity index (χ4n) is 2.71. The number of carbonyl (C=O) groups excluding carboxylic acids is 1. The van der Waals surface area contributed by atoms with Crippen LogP contribution in [0.2, 0.25) is 5.02 Å². The molecule has 1 fully saturated rings. The molecule has 2 rings (SSSR count). The van der Waals surface area contributed by atoms with Gasteiger partial charge in [0.05, 0.1) is 10.6 Å². The molecule has 1 aromatic rings. The third-order valence-electron chi connectivity index (χ3n) is 3.90. The summed E-state index contributed by atoms with van der Waals surface area (Å²) in [6.45, 7) is 7.87. The van der Waals surface area contributed by atoms with Crippen LogP contribution < -0.4 is 5.73 Å². The first-order chi connectivity index (χ1) is 9.56. The molecule has 5 nitrogen and oxygen atoms in total. The normalized spacial score (nSPS) is 18.8. The third-order valence-corrected chi connectivity index (χ3v) is 4.20. The highest BCUT2D eigenvalue weighted by Crippen LogP contribution is 2.21. The molecule has 0 saturated carbocycles. The summed E-state index contributed by atoms with van der Waals surface area (Å²) in [5, 5.41) is 0.329. The van der Waals surface area contributed by atoms with Gasteiger partial charge in [0.25, 0.3) is 5.91 Å². The first-order valence-corrected chi connectivity index (χ1v) is 7.39. The molecular weight excluding hydrogens is 276 g/mol. The average molecular weight is 297 g/mol. The fraction of sp³-hybridized carbons (Fsp3) is 0.571. The van der Waals surface area contributed by atoms with Crippen LogP contribution in [0.5, 0.6) is 0 Å². The average Bonchev–Trinajstić information content (AvgIpc) is 2.92. The predicted molar refractivity (Wildman–Crippen MR) is 80.9 cm³/mol. The van der Waals surface area contributed by atoms with E-state index >= 15 is 0 Å². The highest BCUT2D eigenvalue weighted by atomic mass is 35.5. The van der Waals surface area contributed by atoms with E-state index in [-0.39, 0.29) is 11.7 Å². The van der Waals surface area contributed by atoms with Crippen molar-refractivity contribution < 1.29 is 4.79 Å². The van der Waals surface area contributed by atoms with Crippen LogP contribution >= 0.6 is 11.6 Å². The largest absolute Gasteiger partial charge is 0.382 e. The zero-order valence-corrected chi connectivity index (χ0v) is 12.7. The molecule has 0 radical (unpaired) electrons. The Morgan fingerprint density at radius 2 is 2.25 bits per heavy atom. The number of anilines is 1. The molecule has 0 spiro atoms. The van der Waals surface area contributed by atoms with Crippen molar-refractivity contribution in [1.82, 2.24) is 14.8 Å². The van der Waals surface area contributed by atoms with Gasteiger partial charge in [0.1, 0.15) is 5.82 Å². The lowest BCUT2D eigenvalue weighted by Crippen LogP contribution is -2.38. The maximum absolute atomic E-state index is 12.4. The monoisotopic (exact) mass is 296 g/mol. The second-order valence-corrected chi connectivity index (χ2v) is 5.41. The number of likely N-dealkylation sites (N-methyl/N-ethyl adjacent to an activating group) is 1. The van der Waals surface area contributed by atoms with Gasteiger partial charge >= 0.3 is 0 Å². The van der Waals surface area contributed by atoms with E-state index in [4.69, 9.17) is 17.3 Å². The van der Waals surface area contributed by atoms with Crippen LogP contribution in [-0.4, -0.2) is 52.9 Å². The van der Waals surface area contributed by atoms with E-state index in [0.717, 1.165) is 32.6 Å². The smallest absolute Gasteiger partial charge is 0.255 e. The topological polar surface area (TPSA) is 62.5 Å². The summed E-state index contributed by atoms with van der Waals surface area (Å²) in [5.74, 6) is 0.236. The lowest BCUT2D eigenvalue weighted by atomic mass is 10.2. The Morgan fingerprint density at radius 3 is 2.85 bits per heavy atom. The van der Waals surface area contributed by atoms with E-state index in [9.17, 15) is 4.79 Å². The van der Waals surface area contributed by atoms with E-state index < -0.39 is 0 Å². The third kappa shape index (κ3) is 3.04. The lowest BCUT2D eigenvalue weighted by Gasteiger charge is -2.26. The van der Waals surface area contributed by atoms with E-state index in [0.29, 0.717) is 16.6 Å². The molecule has 1 atom stereocenters. The van der Waals surface area contributed by atoms with Crippen LogP contribution in [0.4, 0.5) is 5.82 Å². The first-order valence-electron chi connectivity index (χ1n) is 7.01. The maximum Gasteiger partial charge on any atom is 0.255 e. The minimum atomic E-state index is -0.0194. The molecule has 0 aliphatic carbocycles. The number of halogens is 1. The van der Waals surface area contributed by atoms with E-state index in [1.807, 2.05) is 4.90 Å². The number of likely N-dealkylation sites (tertiary alicyclic amines) is 1. The van der Waals surface area contributed by atoms with Crippen LogP contribution in [0, 0.1) is 0 Å². The summed E-state index contributed by atoms with van der Waals surface area (Å²) < 4.78 is 0. The zero-order valence-electron chi connectivity index (χ0n) is 12.0. The molecule has 2 N–H and O–H groups in total. The number of carbonyl (C=O) groups is 1. The Morgan fingerprint density at radius 1 is 1.55 bits per heavy atom. The molecule has 1 unspecified atom stereocenters. The van der Waals surface area contributed by atoms with E-state index in [1.54, 1.807) is 6.07 Å². The van der Waals surface area contributed by atoms with Gasteiger partial charge in [-0.25, -0.2) is 4.98 Å². The van der Waals surface area contributed by atoms with Crippen molar-refractivity contribution in [2.75, 3.05) is 31.9 Å². The van der Waals surface area contributed by atoms with Crippen LogP contribution in [-0.2, 0) is 0 Å². The van der Waals surface area contributed by atoms with Crippen LogP contribution in [0.15, 0.2) is 12.3 Å². The first kappa shape index (κ1) is 15.1. The molecule has 1 aliphatic rings. The van der Waals surface area contributed by atoms with Crippen molar-refractivity contribution in [2.24, 2.45) is 0 Å². The maximum atomic E-state index is 12.4. The van der Waals surface area contributed by atoms with Gasteiger partial charge < -0.3 is 10.6 Å². The van der Waals surface area contributed by atoms with E-state index in [1.165, 1.54) is 6.20 Å². The number of aromatic nitrogens is 1. The quantitative estimate of drug-likeness (QED) is 0.921. The number of nitrogens with two attached hydrogens (primary N) is 1. The summed E-state index contributed by atoms with van der Waals surface area (Å²) in [6.07, 6.45) is 2.51.